The molecule has 1 fully saturated rings. The van der Waals surface area contributed by atoms with Crippen LogP contribution in [-0.4, -0.2) is 29.3 Å². The van der Waals surface area contributed by atoms with Gasteiger partial charge in [-0.3, -0.25) is 14.5 Å². The molecule has 0 saturated carbocycles. The normalized spacial score (nSPS) is 14.3. The first kappa shape index (κ1) is 26.4. The Morgan fingerprint density at radius 3 is 2.38 bits per heavy atom. The number of hydrogen-bond acceptors (Lipinski definition) is 6. The van der Waals surface area contributed by atoms with E-state index in [-0.39, 0.29) is 18.4 Å². The van der Waals surface area contributed by atoms with Gasteiger partial charge in [-0.05, 0) is 75.2 Å². The molecule has 2 amide bonds. The highest BCUT2D eigenvalue weighted by molar-refractivity contribution is 8.27. The van der Waals surface area contributed by atoms with Crippen molar-refractivity contribution in [2.24, 2.45) is 0 Å². The minimum absolute atomic E-state index is 0.162. The number of para-hydroxylation sites is 1. The molecular formula is C29H28N2O4S2. The number of thioether (sulfide) groups is 1. The third kappa shape index (κ3) is 6.21. The highest BCUT2D eigenvalue weighted by Crippen LogP contribution is 2.37. The van der Waals surface area contributed by atoms with E-state index in [1.807, 2.05) is 82.3 Å². The van der Waals surface area contributed by atoms with E-state index in [2.05, 4.69) is 5.32 Å². The van der Waals surface area contributed by atoms with E-state index in [0.717, 1.165) is 28.1 Å². The zero-order chi connectivity index (χ0) is 26.5. The smallest absolute Gasteiger partial charge is 0.270 e. The van der Waals surface area contributed by atoms with Crippen molar-refractivity contribution >= 4 is 57.6 Å². The zero-order valence-electron chi connectivity index (χ0n) is 21.2. The number of benzene rings is 3. The van der Waals surface area contributed by atoms with Crippen molar-refractivity contribution in [3.8, 4) is 11.5 Å². The molecule has 37 heavy (non-hydrogen) atoms. The molecule has 0 aromatic heterocycles. The van der Waals surface area contributed by atoms with Gasteiger partial charge in [-0.25, -0.2) is 0 Å². The first-order valence-corrected chi connectivity index (χ1v) is 13.1. The third-order valence-electron chi connectivity index (χ3n) is 5.71. The van der Waals surface area contributed by atoms with E-state index in [4.69, 9.17) is 21.7 Å². The van der Waals surface area contributed by atoms with Crippen LogP contribution in [-0.2, 0) is 9.59 Å². The fourth-order valence-electron chi connectivity index (χ4n) is 4.12. The van der Waals surface area contributed by atoms with Crippen LogP contribution in [0.1, 0.15) is 29.2 Å². The van der Waals surface area contributed by atoms with Crippen LogP contribution in [0.5, 0.6) is 11.5 Å². The van der Waals surface area contributed by atoms with E-state index in [0.29, 0.717) is 32.8 Å². The zero-order valence-corrected chi connectivity index (χ0v) is 22.8. The number of thiocarbonyl (C=S) groups is 1. The molecule has 3 aromatic carbocycles. The Bertz CT molecular complexity index is 1360. The topological polar surface area (TPSA) is 67.9 Å². The molecule has 0 aliphatic carbocycles. The molecule has 0 bridgehead atoms. The number of amides is 2. The minimum Gasteiger partial charge on any atom is -0.494 e. The largest absolute Gasteiger partial charge is 0.494 e. The molecule has 1 N–H and O–H groups in total. The van der Waals surface area contributed by atoms with Gasteiger partial charge in [-0.15, -0.1) is 0 Å². The Morgan fingerprint density at radius 2 is 1.70 bits per heavy atom. The molecule has 190 valence electrons. The summed E-state index contributed by atoms with van der Waals surface area (Å²) in [6, 6.07) is 18.6. The maximum Gasteiger partial charge on any atom is 0.270 e. The van der Waals surface area contributed by atoms with Crippen LogP contribution in [0.2, 0.25) is 0 Å². The number of carbonyl (C=O) groups excluding carboxylic acids is 2. The molecule has 8 heteroatoms. The summed E-state index contributed by atoms with van der Waals surface area (Å²) >= 11 is 6.73. The van der Waals surface area contributed by atoms with Crippen LogP contribution in [0.25, 0.3) is 6.08 Å². The summed E-state index contributed by atoms with van der Waals surface area (Å²) in [4.78, 5) is 27.8. The average Bonchev–Trinajstić information content (AvgIpc) is 3.14. The predicted octanol–water partition coefficient (Wildman–Crippen LogP) is 6.43. The maximum absolute atomic E-state index is 13.2. The SMILES string of the molecule is CCOc1ccc(N2C(=O)/C(=C/c3ccccc3OCC(=O)Nc3c(C)cc(C)cc3C)SC2=S)cc1. The lowest BCUT2D eigenvalue weighted by Gasteiger charge is -2.15. The van der Waals surface area contributed by atoms with E-state index < -0.39 is 0 Å². The van der Waals surface area contributed by atoms with Gasteiger partial charge in [-0.1, -0.05) is 59.9 Å². The summed E-state index contributed by atoms with van der Waals surface area (Å²) in [5.74, 6) is 0.764. The fraction of sp³-hybridized carbons (Fsp3) is 0.207. The van der Waals surface area contributed by atoms with E-state index in [9.17, 15) is 9.59 Å². The van der Waals surface area contributed by atoms with Crippen molar-refractivity contribution in [3.63, 3.8) is 0 Å². The average molecular weight is 533 g/mol. The standard InChI is InChI=1S/C29H28N2O4S2/c1-5-34-23-12-10-22(11-13-23)31-28(33)25(37-29(31)36)16-21-8-6-7-9-24(21)35-17-26(32)30-27-19(3)14-18(2)15-20(27)4/h6-16H,5,17H2,1-4H3,(H,30,32)/b25-16-. The number of carbonyl (C=O) groups is 2. The van der Waals surface area contributed by atoms with Gasteiger partial charge in [0.25, 0.3) is 11.8 Å². The Balaban J connectivity index is 1.47. The number of aryl methyl sites for hydroxylation is 3. The van der Waals surface area contributed by atoms with E-state index in [1.165, 1.54) is 16.7 Å². The maximum atomic E-state index is 13.2. The molecule has 3 aromatic rings. The van der Waals surface area contributed by atoms with E-state index in [1.54, 1.807) is 12.1 Å². The van der Waals surface area contributed by atoms with Gasteiger partial charge in [0.2, 0.25) is 0 Å². The van der Waals surface area contributed by atoms with Crippen molar-refractivity contribution in [2.45, 2.75) is 27.7 Å². The van der Waals surface area contributed by atoms with Crippen molar-refractivity contribution in [1.29, 1.82) is 0 Å². The highest BCUT2D eigenvalue weighted by atomic mass is 32.2. The van der Waals surface area contributed by atoms with Crippen molar-refractivity contribution < 1.29 is 19.1 Å². The molecule has 4 rings (SSSR count). The second-order valence-electron chi connectivity index (χ2n) is 8.59. The van der Waals surface area contributed by atoms with Crippen molar-refractivity contribution in [2.75, 3.05) is 23.4 Å². The Morgan fingerprint density at radius 1 is 1.03 bits per heavy atom. The van der Waals surface area contributed by atoms with Crippen LogP contribution in [0.4, 0.5) is 11.4 Å². The lowest BCUT2D eigenvalue weighted by atomic mass is 10.1. The summed E-state index contributed by atoms with van der Waals surface area (Å²) in [6.45, 7) is 8.28. The summed E-state index contributed by atoms with van der Waals surface area (Å²) in [5.41, 5.74) is 5.31. The first-order chi connectivity index (χ1) is 17.8. The van der Waals surface area contributed by atoms with Gasteiger partial charge in [0.1, 0.15) is 11.5 Å². The second kappa shape index (κ2) is 11.6. The monoisotopic (exact) mass is 532 g/mol. The number of nitrogens with zero attached hydrogens (tertiary/aromatic N) is 1. The van der Waals surface area contributed by atoms with Gasteiger partial charge >= 0.3 is 0 Å². The molecule has 1 aliphatic heterocycles. The van der Waals surface area contributed by atoms with Crippen LogP contribution < -0.4 is 19.7 Å². The molecular weight excluding hydrogens is 504 g/mol. The third-order valence-corrected chi connectivity index (χ3v) is 7.01. The number of ether oxygens (including phenoxy) is 2. The Kier molecular flexibility index (Phi) is 8.31. The van der Waals surface area contributed by atoms with E-state index >= 15 is 0 Å². The summed E-state index contributed by atoms with van der Waals surface area (Å²) in [5, 5.41) is 2.95. The highest BCUT2D eigenvalue weighted by Gasteiger charge is 2.33. The van der Waals surface area contributed by atoms with Crippen LogP contribution in [0.15, 0.2) is 65.6 Å². The molecule has 0 unspecified atom stereocenters. The van der Waals surface area contributed by atoms with Gasteiger partial charge in [0, 0.05) is 11.3 Å². The first-order valence-electron chi connectivity index (χ1n) is 11.9. The number of hydrogen-bond donors (Lipinski definition) is 1. The second-order valence-corrected chi connectivity index (χ2v) is 10.3. The van der Waals surface area contributed by atoms with Crippen LogP contribution in [0.3, 0.4) is 0 Å². The summed E-state index contributed by atoms with van der Waals surface area (Å²) < 4.78 is 11.8. The molecule has 0 spiro atoms. The number of anilines is 2. The fourth-order valence-corrected chi connectivity index (χ4v) is 5.41. The predicted molar refractivity (Wildman–Crippen MR) is 154 cm³/mol. The molecule has 0 radical (unpaired) electrons. The Hall–Kier alpha value is -3.62. The van der Waals surface area contributed by atoms with Gasteiger partial charge in [0.05, 0.1) is 17.2 Å². The van der Waals surface area contributed by atoms with Crippen LogP contribution in [0, 0.1) is 20.8 Å². The molecule has 1 saturated heterocycles. The minimum atomic E-state index is -0.258. The summed E-state index contributed by atoms with van der Waals surface area (Å²) in [7, 11) is 0. The van der Waals surface area contributed by atoms with Crippen molar-refractivity contribution in [1.82, 2.24) is 0 Å². The van der Waals surface area contributed by atoms with Gasteiger partial charge < -0.3 is 14.8 Å². The summed E-state index contributed by atoms with van der Waals surface area (Å²) in [6.07, 6.45) is 1.75. The molecule has 0 atom stereocenters. The quantitative estimate of drug-likeness (QED) is 0.266. The lowest BCUT2D eigenvalue weighted by molar-refractivity contribution is -0.118. The Labute approximate surface area is 226 Å². The molecule has 6 nitrogen and oxygen atoms in total. The number of rotatable bonds is 8. The van der Waals surface area contributed by atoms with Crippen molar-refractivity contribution in [3.05, 3.63) is 87.8 Å². The van der Waals surface area contributed by atoms with Gasteiger partial charge in [0.15, 0.2) is 10.9 Å². The molecule has 1 heterocycles. The number of nitrogens with one attached hydrogen (secondary N) is 1. The van der Waals surface area contributed by atoms with Gasteiger partial charge in [-0.2, -0.15) is 0 Å². The molecule has 1 aliphatic rings. The lowest BCUT2D eigenvalue weighted by Crippen LogP contribution is -2.27. The van der Waals surface area contributed by atoms with Crippen LogP contribution >= 0.6 is 24.0 Å².